The molecular weight excluding hydrogens is 474 g/mol. The molecular formula is C29H30ClN3O3. The molecule has 0 spiro atoms. The van der Waals surface area contributed by atoms with Gasteiger partial charge in [0.25, 0.3) is 11.8 Å². The van der Waals surface area contributed by atoms with E-state index in [2.05, 4.69) is 29.2 Å². The van der Waals surface area contributed by atoms with Crippen molar-refractivity contribution in [2.75, 3.05) is 39.3 Å². The molecule has 3 aromatic rings. The number of benzene rings is 3. The maximum Gasteiger partial charge on any atom is 0.261 e. The minimum Gasteiger partial charge on any atom is -0.340 e. The molecule has 0 atom stereocenters. The third kappa shape index (κ3) is 5.35. The molecule has 0 aromatic heterocycles. The average Bonchev–Trinajstić information content (AvgIpc) is 2.90. The lowest BCUT2D eigenvalue weighted by Gasteiger charge is -2.34. The number of nitrogens with zero attached hydrogens (tertiary/aromatic N) is 3. The van der Waals surface area contributed by atoms with Gasteiger partial charge in [-0.05, 0) is 29.5 Å². The van der Waals surface area contributed by atoms with Gasteiger partial charge in [-0.3, -0.25) is 24.2 Å². The van der Waals surface area contributed by atoms with Crippen LogP contribution in [0.2, 0.25) is 0 Å². The fraction of sp³-hybridized carbons (Fsp3) is 0.276. The number of carbonyl (C=O) groups excluding carboxylic acids is 3. The monoisotopic (exact) mass is 503 g/mol. The number of amides is 3. The Bertz CT molecular complexity index is 1230. The highest BCUT2D eigenvalue weighted by molar-refractivity contribution is 6.25. The summed E-state index contributed by atoms with van der Waals surface area (Å²) in [7, 11) is 0. The summed E-state index contributed by atoms with van der Waals surface area (Å²) in [5.41, 5.74) is 2.30. The van der Waals surface area contributed by atoms with E-state index in [1.54, 1.807) is 12.1 Å². The second kappa shape index (κ2) is 11.5. The number of rotatable bonds is 7. The lowest BCUT2D eigenvalue weighted by molar-refractivity contribution is -0.133. The summed E-state index contributed by atoms with van der Waals surface area (Å²) >= 11 is 0. The fourth-order valence-electron chi connectivity index (χ4n) is 4.91. The van der Waals surface area contributed by atoms with Gasteiger partial charge in [0.05, 0.1) is 0 Å². The number of halogens is 1. The van der Waals surface area contributed by atoms with Gasteiger partial charge < -0.3 is 4.90 Å². The van der Waals surface area contributed by atoms with E-state index in [4.69, 9.17) is 0 Å². The standard InChI is InChI=1S/C29H29N3O3.ClH/c33-26(31-20-18-30(19-21-31)16-6-10-22-8-2-1-3-9-22)15-7-17-32-28(34)24-13-4-11-23-12-5-14-25(27(23)24)29(32)35;/h1-6,8-14H,7,15-21H2;1H. The van der Waals surface area contributed by atoms with Crippen LogP contribution in [0.4, 0.5) is 0 Å². The van der Waals surface area contributed by atoms with Crippen LogP contribution in [0.15, 0.2) is 72.8 Å². The molecule has 0 unspecified atom stereocenters. The molecule has 0 N–H and O–H groups in total. The molecule has 0 radical (unpaired) electrons. The van der Waals surface area contributed by atoms with E-state index in [-0.39, 0.29) is 36.7 Å². The quantitative estimate of drug-likeness (QED) is 0.445. The van der Waals surface area contributed by atoms with Gasteiger partial charge in [0.15, 0.2) is 0 Å². The molecule has 2 aliphatic rings. The first-order valence-electron chi connectivity index (χ1n) is 12.2. The first-order chi connectivity index (χ1) is 17.1. The Morgan fingerprint density at radius 3 is 2.08 bits per heavy atom. The van der Waals surface area contributed by atoms with E-state index >= 15 is 0 Å². The number of piperazine rings is 1. The van der Waals surface area contributed by atoms with Crippen LogP contribution in [-0.4, -0.2) is 71.7 Å². The summed E-state index contributed by atoms with van der Waals surface area (Å²) in [6, 6.07) is 21.3. The summed E-state index contributed by atoms with van der Waals surface area (Å²) in [6.07, 6.45) is 5.09. The van der Waals surface area contributed by atoms with Gasteiger partial charge in [0.2, 0.25) is 5.91 Å². The molecule has 2 aliphatic heterocycles. The number of carbonyl (C=O) groups is 3. The minimum absolute atomic E-state index is 0. The van der Waals surface area contributed by atoms with Crippen molar-refractivity contribution in [3.63, 3.8) is 0 Å². The SMILES string of the molecule is Cl.O=C(CCCN1C(=O)c2cccc3cccc(c23)C1=O)N1CCN(CC=Cc2ccccc2)CC1. The summed E-state index contributed by atoms with van der Waals surface area (Å²) < 4.78 is 0. The molecule has 36 heavy (non-hydrogen) atoms. The number of hydrogen-bond donors (Lipinski definition) is 0. The Morgan fingerprint density at radius 2 is 1.44 bits per heavy atom. The summed E-state index contributed by atoms with van der Waals surface area (Å²) in [5, 5.41) is 1.63. The lowest BCUT2D eigenvalue weighted by Crippen LogP contribution is -2.48. The fourth-order valence-corrected chi connectivity index (χ4v) is 4.91. The van der Waals surface area contributed by atoms with Gasteiger partial charge in [-0.25, -0.2) is 0 Å². The number of imide groups is 1. The van der Waals surface area contributed by atoms with Crippen molar-refractivity contribution >= 4 is 47.0 Å². The Kier molecular flexibility index (Phi) is 8.18. The molecule has 7 heteroatoms. The highest BCUT2D eigenvalue weighted by atomic mass is 35.5. The zero-order valence-corrected chi connectivity index (χ0v) is 21.0. The molecule has 6 nitrogen and oxygen atoms in total. The second-order valence-electron chi connectivity index (χ2n) is 9.07. The molecule has 3 aromatic carbocycles. The Morgan fingerprint density at radius 1 is 0.806 bits per heavy atom. The van der Waals surface area contributed by atoms with Crippen LogP contribution in [0.25, 0.3) is 16.8 Å². The number of hydrogen-bond acceptors (Lipinski definition) is 4. The molecule has 186 valence electrons. The normalized spacial score (nSPS) is 16.0. The highest BCUT2D eigenvalue weighted by Gasteiger charge is 2.32. The summed E-state index contributed by atoms with van der Waals surface area (Å²) in [4.78, 5) is 44.3. The minimum atomic E-state index is -0.274. The molecule has 1 fully saturated rings. The van der Waals surface area contributed by atoms with Gasteiger partial charge >= 0.3 is 0 Å². The molecule has 3 amide bonds. The Balaban J connectivity index is 0.00000304. The van der Waals surface area contributed by atoms with E-state index in [1.807, 2.05) is 47.4 Å². The predicted octanol–water partition coefficient (Wildman–Crippen LogP) is 4.50. The zero-order valence-electron chi connectivity index (χ0n) is 20.1. The van der Waals surface area contributed by atoms with Crippen LogP contribution in [0.3, 0.4) is 0 Å². The first kappa shape index (κ1) is 25.6. The van der Waals surface area contributed by atoms with Crippen molar-refractivity contribution in [2.45, 2.75) is 12.8 Å². The van der Waals surface area contributed by atoms with Gasteiger partial charge in [-0.15, -0.1) is 12.4 Å². The van der Waals surface area contributed by atoms with Gasteiger partial charge in [0.1, 0.15) is 0 Å². The van der Waals surface area contributed by atoms with E-state index in [1.165, 1.54) is 10.5 Å². The largest absolute Gasteiger partial charge is 0.340 e. The van der Waals surface area contributed by atoms with Crippen molar-refractivity contribution in [3.8, 4) is 0 Å². The zero-order chi connectivity index (χ0) is 24.2. The van der Waals surface area contributed by atoms with Gasteiger partial charge in [0, 0.05) is 62.2 Å². The van der Waals surface area contributed by atoms with Crippen molar-refractivity contribution in [2.24, 2.45) is 0 Å². The van der Waals surface area contributed by atoms with Crippen LogP contribution >= 0.6 is 12.4 Å². The van der Waals surface area contributed by atoms with Crippen LogP contribution in [-0.2, 0) is 4.79 Å². The molecule has 2 heterocycles. The second-order valence-corrected chi connectivity index (χ2v) is 9.07. The highest BCUT2D eigenvalue weighted by Crippen LogP contribution is 2.30. The molecule has 0 saturated carbocycles. The van der Waals surface area contributed by atoms with E-state index in [9.17, 15) is 14.4 Å². The topological polar surface area (TPSA) is 60.9 Å². The van der Waals surface area contributed by atoms with Crippen molar-refractivity contribution in [3.05, 3.63) is 89.5 Å². The van der Waals surface area contributed by atoms with E-state index in [0.29, 0.717) is 37.1 Å². The average molecular weight is 504 g/mol. The van der Waals surface area contributed by atoms with Gasteiger partial charge in [-0.1, -0.05) is 66.7 Å². The maximum atomic E-state index is 13.0. The first-order valence-corrected chi connectivity index (χ1v) is 12.2. The van der Waals surface area contributed by atoms with Gasteiger partial charge in [-0.2, -0.15) is 0 Å². The molecule has 0 aliphatic carbocycles. The van der Waals surface area contributed by atoms with Crippen LogP contribution in [0.5, 0.6) is 0 Å². The smallest absolute Gasteiger partial charge is 0.261 e. The molecule has 5 rings (SSSR count). The van der Waals surface area contributed by atoms with E-state index < -0.39 is 0 Å². The lowest BCUT2D eigenvalue weighted by atomic mass is 9.94. The van der Waals surface area contributed by atoms with Crippen molar-refractivity contribution in [1.82, 2.24) is 14.7 Å². The third-order valence-electron chi connectivity index (χ3n) is 6.83. The molecule has 0 bridgehead atoms. The van der Waals surface area contributed by atoms with Crippen LogP contribution in [0, 0.1) is 0 Å². The predicted molar refractivity (Wildman–Crippen MR) is 144 cm³/mol. The van der Waals surface area contributed by atoms with Crippen molar-refractivity contribution < 1.29 is 14.4 Å². The Hall–Kier alpha value is -3.48. The van der Waals surface area contributed by atoms with E-state index in [0.717, 1.165) is 30.4 Å². The summed E-state index contributed by atoms with van der Waals surface area (Å²) in [6.45, 7) is 4.20. The molecule has 1 saturated heterocycles. The van der Waals surface area contributed by atoms with Crippen LogP contribution in [0.1, 0.15) is 39.1 Å². The third-order valence-corrected chi connectivity index (χ3v) is 6.83. The Labute approximate surface area is 217 Å². The summed E-state index contributed by atoms with van der Waals surface area (Å²) in [5.74, 6) is -0.461. The van der Waals surface area contributed by atoms with Crippen LogP contribution < -0.4 is 0 Å². The van der Waals surface area contributed by atoms with Crippen molar-refractivity contribution in [1.29, 1.82) is 0 Å². The maximum absolute atomic E-state index is 13.0.